The van der Waals surface area contributed by atoms with Gasteiger partial charge in [-0.25, -0.2) is 9.97 Å². The van der Waals surface area contributed by atoms with Crippen LogP contribution in [0, 0.1) is 0 Å². The van der Waals surface area contributed by atoms with Crippen molar-refractivity contribution in [1.82, 2.24) is 15.3 Å². The number of nitrogens with one attached hydrogen (secondary N) is 2. The van der Waals surface area contributed by atoms with Gasteiger partial charge in [-0.15, -0.1) is 0 Å². The molecule has 20 heavy (non-hydrogen) atoms. The van der Waals surface area contributed by atoms with E-state index in [0.29, 0.717) is 24.1 Å². The molecular weight excluding hydrogens is 276 g/mol. The van der Waals surface area contributed by atoms with E-state index in [9.17, 15) is 4.79 Å². The quantitative estimate of drug-likeness (QED) is 0.887. The summed E-state index contributed by atoms with van der Waals surface area (Å²) in [6.45, 7) is 2.64. The Morgan fingerprint density at radius 3 is 2.50 bits per heavy atom. The first-order chi connectivity index (χ1) is 9.63. The van der Waals surface area contributed by atoms with Crippen molar-refractivity contribution in [2.24, 2.45) is 0 Å². The van der Waals surface area contributed by atoms with Gasteiger partial charge in [0.1, 0.15) is 0 Å². The number of carbonyl (C=O) groups is 1. The molecule has 0 fully saturated rings. The normalized spacial score (nSPS) is 10.1. The molecule has 2 aromatic rings. The molecule has 1 aromatic carbocycles. The smallest absolute Gasteiger partial charge is 0.222 e. The molecule has 2 rings (SSSR count). The number of aromatic nitrogens is 2. The maximum Gasteiger partial charge on any atom is 0.222 e. The zero-order chi connectivity index (χ0) is 14.4. The molecule has 0 atom stereocenters. The lowest BCUT2D eigenvalue weighted by Gasteiger charge is -2.07. The molecule has 0 aliphatic heterocycles. The van der Waals surface area contributed by atoms with Gasteiger partial charge in [0, 0.05) is 20.0 Å². The molecule has 0 saturated carbocycles. The van der Waals surface area contributed by atoms with Gasteiger partial charge in [-0.1, -0.05) is 35.9 Å². The van der Waals surface area contributed by atoms with Crippen LogP contribution in [-0.4, -0.2) is 15.9 Å². The summed E-state index contributed by atoms with van der Waals surface area (Å²) in [5.74, 6) is 0.491. The van der Waals surface area contributed by atoms with Crippen molar-refractivity contribution in [3.8, 4) is 0 Å². The maximum absolute atomic E-state index is 10.9. The zero-order valence-electron chi connectivity index (χ0n) is 11.1. The fourth-order valence-electron chi connectivity index (χ4n) is 1.66. The predicted octanol–water partition coefficient (Wildman–Crippen LogP) is 2.38. The molecule has 1 amide bonds. The van der Waals surface area contributed by atoms with Crippen molar-refractivity contribution in [2.75, 3.05) is 5.32 Å². The molecular formula is C14H15ClN4O. The molecule has 0 saturated heterocycles. The Morgan fingerprint density at radius 1 is 1.20 bits per heavy atom. The van der Waals surface area contributed by atoms with Crippen LogP contribution in [0.15, 0.2) is 36.7 Å². The second-order valence-electron chi connectivity index (χ2n) is 4.31. The first-order valence-corrected chi connectivity index (χ1v) is 6.55. The van der Waals surface area contributed by atoms with Gasteiger partial charge in [0.25, 0.3) is 0 Å². The lowest BCUT2D eigenvalue weighted by atomic mass is 10.1. The lowest BCUT2D eigenvalue weighted by Crippen LogP contribution is -2.19. The Balaban J connectivity index is 1.94. The SMILES string of the molecule is CC(=O)NCc1cccc(CNc2ncc(Cl)cn2)c1. The average Bonchev–Trinajstić information content (AvgIpc) is 2.45. The van der Waals surface area contributed by atoms with Gasteiger partial charge in [0.2, 0.25) is 11.9 Å². The zero-order valence-corrected chi connectivity index (χ0v) is 11.8. The first kappa shape index (κ1) is 14.3. The van der Waals surface area contributed by atoms with Crippen molar-refractivity contribution in [2.45, 2.75) is 20.0 Å². The number of benzene rings is 1. The van der Waals surface area contributed by atoms with Crippen LogP contribution in [0.4, 0.5) is 5.95 Å². The largest absolute Gasteiger partial charge is 0.352 e. The number of halogens is 1. The van der Waals surface area contributed by atoms with Gasteiger partial charge >= 0.3 is 0 Å². The third-order valence-corrected chi connectivity index (χ3v) is 2.80. The summed E-state index contributed by atoms with van der Waals surface area (Å²) in [5, 5.41) is 6.39. The highest BCUT2D eigenvalue weighted by molar-refractivity contribution is 6.30. The van der Waals surface area contributed by atoms with Crippen LogP contribution in [-0.2, 0) is 17.9 Å². The minimum absolute atomic E-state index is 0.0388. The fourth-order valence-corrected chi connectivity index (χ4v) is 1.76. The molecule has 104 valence electrons. The Bertz CT molecular complexity index is 586. The summed E-state index contributed by atoms with van der Waals surface area (Å²) in [6, 6.07) is 7.95. The van der Waals surface area contributed by atoms with Crippen LogP contribution in [0.25, 0.3) is 0 Å². The number of amides is 1. The summed E-state index contributed by atoms with van der Waals surface area (Å²) < 4.78 is 0. The molecule has 0 unspecified atom stereocenters. The minimum atomic E-state index is -0.0388. The number of hydrogen-bond acceptors (Lipinski definition) is 4. The van der Waals surface area contributed by atoms with Crippen LogP contribution in [0.3, 0.4) is 0 Å². The molecule has 2 N–H and O–H groups in total. The molecule has 5 nitrogen and oxygen atoms in total. The van der Waals surface area contributed by atoms with E-state index in [1.807, 2.05) is 24.3 Å². The minimum Gasteiger partial charge on any atom is -0.352 e. The van der Waals surface area contributed by atoms with Crippen molar-refractivity contribution in [1.29, 1.82) is 0 Å². The number of rotatable bonds is 5. The van der Waals surface area contributed by atoms with E-state index < -0.39 is 0 Å². The summed E-state index contributed by atoms with van der Waals surface area (Å²) in [4.78, 5) is 19.0. The molecule has 0 spiro atoms. The summed E-state index contributed by atoms with van der Waals surface area (Å²) in [5.41, 5.74) is 2.14. The van der Waals surface area contributed by atoms with Crippen molar-refractivity contribution < 1.29 is 4.79 Å². The topological polar surface area (TPSA) is 66.9 Å². The standard InChI is InChI=1S/C14H15ClN4O/c1-10(20)16-6-11-3-2-4-12(5-11)7-17-14-18-8-13(15)9-19-14/h2-5,8-9H,6-7H2,1H3,(H,16,20)(H,17,18,19). The highest BCUT2D eigenvalue weighted by atomic mass is 35.5. The number of carbonyl (C=O) groups excluding carboxylic acids is 1. The Hall–Kier alpha value is -2.14. The van der Waals surface area contributed by atoms with Crippen LogP contribution in [0.2, 0.25) is 5.02 Å². The van der Waals surface area contributed by atoms with Gasteiger partial charge in [0.05, 0.1) is 17.4 Å². The monoisotopic (exact) mass is 290 g/mol. The van der Waals surface area contributed by atoms with Crippen LogP contribution in [0.1, 0.15) is 18.1 Å². The first-order valence-electron chi connectivity index (χ1n) is 6.17. The van der Waals surface area contributed by atoms with E-state index in [2.05, 4.69) is 20.6 Å². The van der Waals surface area contributed by atoms with Crippen molar-refractivity contribution >= 4 is 23.5 Å². The van der Waals surface area contributed by atoms with Crippen LogP contribution in [0.5, 0.6) is 0 Å². The fraction of sp³-hybridized carbons (Fsp3) is 0.214. The predicted molar refractivity (Wildman–Crippen MR) is 78.3 cm³/mol. The number of hydrogen-bond donors (Lipinski definition) is 2. The molecule has 6 heteroatoms. The van der Waals surface area contributed by atoms with E-state index in [0.717, 1.165) is 11.1 Å². The van der Waals surface area contributed by atoms with E-state index in [1.54, 1.807) is 12.4 Å². The summed E-state index contributed by atoms with van der Waals surface area (Å²) in [6.07, 6.45) is 3.09. The second kappa shape index (κ2) is 6.86. The molecule has 0 bridgehead atoms. The second-order valence-corrected chi connectivity index (χ2v) is 4.74. The van der Waals surface area contributed by atoms with Gasteiger partial charge in [-0.3, -0.25) is 4.79 Å². The van der Waals surface area contributed by atoms with Crippen LogP contribution >= 0.6 is 11.6 Å². The Kier molecular flexibility index (Phi) is 4.90. The average molecular weight is 291 g/mol. The van der Waals surface area contributed by atoms with Crippen molar-refractivity contribution in [3.63, 3.8) is 0 Å². The van der Waals surface area contributed by atoms with Gasteiger partial charge in [-0.05, 0) is 11.1 Å². The Morgan fingerprint density at radius 2 is 1.85 bits per heavy atom. The molecule has 0 radical (unpaired) electrons. The van der Waals surface area contributed by atoms with Crippen molar-refractivity contribution in [3.05, 3.63) is 52.8 Å². The number of nitrogens with zero attached hydrogens (tertiary/aromatic N) is 2. The van der Waals surface area contributed by atoms with Gasteiger partial charge in [0.15, 0.2) is 0 Å². The Labute approximate surface area is 122 Å². The molecule has 0 aliphatic carbocycles. The van der Waals surface area contributed by atoms with Gasteiger partial charge < -0.3 is 10.6 Å². The molecule has 1 heterocycles. The van der Waals surface area contributed by atoms with E-state index >= 15 is 0 Å². The maximum atomic E-state index is 10.9. The number of anilines is 1. The summed E-state index contributed by atoms with van der Waals surface area (Å²) >= 11 is 5.72. The highest BCUT2D eigenvalue weighted by Crippen LogP contribution is 2.09. The van der Waals surface area contributed by atoms with E-state index in [1.165, 1.54) is 6.92 Å². The molecule has 1 aromatic heterocycles. The summed E-state index contributed by atoms with van der Waals surface area (Å²) in [7, 11) is 0. The molecule has 0 aliphatic rings. The van der Waals surface area contributed by atoms with Gasteiger partial charge in [-0.2, -0.15) is 0 Å². The van der Waals surface area contributed by atoms with E-state index in [4.69, 9.17) is 11.6 Å². The van der Waals surface area contributed by atoms with E-state index in [-0.39, 0.29) is 5.91 Å². The third-order valence-electron chi connectivity index (χ3n) is 2.60. The highest BCUT2D eigenvalue weighted by Gasteiger charge is 1.99. The third kappa shape index (κ3) is 4.51. The lowest BCUT2D eigenvalue weighted by molar-refractivity contribution is -0.119. The van der Waals surface area contributed by atoms with Crippen LogP contribution < -0.4 is 10.6 Å².